The second kappa shape index (κ2) is 14.1. The van der Waals surface area contributed by atoms with E-state index >= 15 is 0 Å². The predicted octanol–water partition coefficient (Wildman–Crippen LogP) is 3.79. The van der Waals surface area contributed by atoms with Gasteiger partial charge in [0.2, 0.25) is 5.91 Å². The molecular weight excluding hydrogens is 510 g/mol. The standard InChI is InChI=1S/C30H37N5O5/c1-37-27-18-25-26(19-28(27)40-15-3-11-35-12-16-38-17-13-35)32-21-33-30(25)34-23-8-5-22(6-9-23)7-10-29(36)31-20-24-4-2-14-39-24/h5-10,18-19,21,24H,2-4,11-17,20H2,1H3,(H,31,36)(H,32,33,34). The zero-order chi connectivity index (χ0) is 27.6. The molecule has 10 heteroatoms. The second-order valence-corrected chi connectivity index (χ2v) is 9.86. The lowest BCUT2D eigenvalue weighted by molar-refractivity contribution is -0.116. The molecule has 1 amide bonds. The number of benzene rings is 2. The normalized spacial score (nSPS) is 17.8. The molecule has 3 aromatic rings. The molecule has 1 unspecified atom stereocenters. The Kier molecular flexibility index (Phi) is 9.78. The third-order valence-electron chi connectivity index (χ3n) is 7.03. The summed E-state index contributed by atoms with van der Waals surface area (Å²) >= 11 is 0. The Balaban J connectivity index is 1.18. The van der Waals surface area contributed by atoms with Crippen LogP contribution in [0.5, 0.6) is 11.5 Å². The first-order valence-corrected chi connectivity index (χ1v) is 13.9. The maximum Gasteiger partial charge on any atom is 0.244 e. The van der Waals surface area contributed by atoms with Gasteiger partial charge in [-0.3, -0.25) is 9.69 Å². The quantitative estimate of drug-likeness (QED) is 0.259. The zero-order valence-corrected chi connectivity index (χ0v) is 22.9. The van der Waals surface area contributed by atoms with Crippen LogP contribution in [0.3, 0.4) is 0 Å². The number of morpholine rings is 1. The van der Waals surface area contributed by atoms with E-state index in [9.17, 15) is 4.79 Å². The summed E-state index contributed by atoms with van der Waals surface area (Å²) in [6.45, 7) is 6.43. The van der Waals surface area contributed by atoms with Crippen LogP contribution in [0.4, 0.5) is 11.5 Å². The van der Waals surface area contributed by atoms with Crippen LogP contribution in [0, 0.1) is 0 Å². The van der Waals surface area contributed by atoms with Crippen LogP contribution in [0.25, 0.3) is 17.0 Å². The van der Waals surface area contributed by atoms with E-state index < -0.39 is 0 Å². The fourth-order valence-corrected chi connectivity index (χ4v) is 4.80. The van der Waals surface area contributed by atoms with Gasteiger partial charge in [-0.1, -0.05) is 12.1 Å². The van der Waals surface area contributed by atoms with Crippen LogP contribution in [-0.4, -0.2) is 86.6 Å². The predicted molar refractivity (Wildman–Crippen MR) is 154 cm³/mol. The van der Waals surface area contributed by atoms with Gasteiger partial charge in [0.1, 0.15) is 12.1 Å². The van der Waals surface area contributed by atoms with Crippen molar-refractivity contribution in [1.29, 1.82) is 0 Å². The Morgan fingerprint density at radius 2 is 1.98 bits per heavy atom. The number of fused-ring (bicyclic) bond motifs is 1. The smallest absolute Gasteiger partial charge is 0.244 e. The highest BCUT2D eigenvalue weighted by atomic mass is 16.5. The minimum atomic E-state index is -0.125. The molecule has 0 radical (unpaired) electrons. The number of hydrogen-bond acceptors (Lipinski definition) is 9. The van der Waals surface area contributed by atoms with Gasteiger partial charge in [-0.25, -0.2) is 9.97 Å². The number of ether oxygens (including phenoxy) is 4. The van der Waals surface area contributed by atoms with E-state index in [1.54, 1.807) is 19.3 Å². The molecule has 10 nitrogen and oxygen atoms in total. The summed E-state index contributed by atoms with van der Waals surface area (Å²) < 4.78 is 22.7. The molecule has 1 atom stereocenters. The van der Waals surface area contributed by atoms with Crippen LogP contribution in [0.15, 0.2) is 48.8 Å². The number of aromatic nitrogens is 2. The molecule has 2 N–H and O–H groups in total. The maximum absolute atomic E-state index is 12.1. The molecule has 212 valence electrons. The molecule has 5 rings (SSSR count). The van der Waals surface area contributed by atoms with E-state index in [-0.39, 0.29) is 12.0 Å². The molecule has 40 heavy (non-hydrogen) atoms. The van der Waals surface area contributed by atoms with E-state index in [0.29, 0.717) is 30.5 Å². The second-order valence-electron chi connectivity index (χ2n) is 9.86. The molecule has 2 aliphatic rings. The Bertz CT molecular complexity index is 1290. The average molecular weight is 548 g/mol. The number of amides is 1. The third kappa shape index (κ3) is 7.68. The number of anilines is 2. The Labute approximate surface area is 234 Å². The van der Waals surface area contributed by atoms with Crippen LogP contribution in [0.1, 0.15) is 24.8 Å². The molecule has 0 aliphatic carbocycles. The van der Waals surface area contributed by atoms with Gasteiger partial charge in [0.15, 0.2) is 11.5 Å². The van der Waals surface area contributed by atoms with Crippen LogP contribution in [0.2, 0.25) is 0 Å². The van der Waals surface area contributed by atoms with Crippen molar-refractivity contribution < 1.29 is 23.7 Å². The first-order valence-electron chi connectivity index (χ1n) is 13.9. The molecule has 0 bridgehead atoms. The van der Waals surface area contributed by atoms with Crippen molar-refractivity contribution in [3.8, 4) is 11.5 Å². The summed E-state index contributed by atoms with van der Waals surface area (Å²) in [5, 5.41) is 7.09. The highest BCUT2D eigenvalue weighted by molar-refractivity contribution is 5.93. The molecule has 2 saturated heterocycles. The van der Waals surface area contributed by atoms with Crippen LogP contribution < -0.4 is 20.1 Å². The van der Waals surface area contributed by atoms with E-state index in [2.05, 4.69) is 25.5 Å². The van der Waals surface area contributed by atoms with Gasteiger partial charge >= 0.3 is 0 Å². The third-order valence-corrected chi connectivity index (χ3v) is 7.03. The summed E-state index contributed by atoms with van der Waals surface area (Å²) in [6.07, 6.45) is 7.98. The monoisotopic (exact) mass is 547 g/mol. The molecule has 1 aromatic heterocycles. The van der Waals surface area contributed by atoms with Gasteiger partial charge in [-0.05, 0) is 49.1 Å². The number of nitrogens with one attached hydrogen (secondary N) is 2. The summed E-state index contributed by atoms with van der Waals surface area (Å²) in [5.74, 6) is 1.84. The van der Waals surface area contributed by atoms with Gasteiger partial charge in [-0.2, -0.15) is 0 Å². The first kappa shape index (κ1) is 27.8. The van der Waals surface area contributed by atoms with Crippen LogP contribution >= 0.6 is 0 Å². The fourth-order valence-electron chi connectivity index (χ4n) is 4.80. The molecular formula is C30H37N5O5. The van der Waals surface area contributed by atoms with E-state index in [1.165, 1.54) is 6.33 Å². The van der Waals surface area contributed by atoms with Crippen molar-refractivity contribution >= 4 is 34.4 Å². The lowest BCUT2D eigenvalue weighted by atomic mass is 10.1. The Morgan fingerprint density at radius 1 is 1.12 bits per heavy atom. The van der Waals surface area contributed by atoms with Gasteiger partial charge in [0.25, 0.3) is 0 Å². The number of rotatable bonds is 12. The lowest BCUT2D eigenvalue weighted by Gasteiger charge is -2.26. The molecule has 2 aromatic carbocycles. The molecule has 2 aliphatic heterocycles. The zero-order valence-electron chi connectivity index (χ0n) is 22.9. The van der Waals surface area contributed by atoms with E-state index in [4.69, 9.17) is 18.9 Å². The van der Waals surface area contributed by atoms with Crippen molar-refractivity contribution in [3.63, 3.8) is 0 Å². The highest BCUT2D eigenvalue weighted by Gasteiger charge is 2.16. The van der Waals surface area contributed by atoms with E-state index in [1.807, 2.05) is 36.4 Å². The number of hydrogen-bond donors (Lipinski definition) is 2. The first-order chi connectivity index (χ1) is 19.7. The van der Waals surface area contributed by atoms with Crippen LogP contribution in [-0.2, 0) is 14.3 Å². The summed E-state index contributed by atoms with van der Waals surface area (Å²) in [4.78, 5) is 23.4. The van der Waals surface area contributed by atoms with Crippen molar-refractivity contribution in [1.82, 2.24) is 20.2 Å². The molecule has 0 spiro atoms. The number of nitrogens with zero attached hydrogens (tertiary/aromatic N) is 3. The Morgan fingerprint density at radius 3 is 2.75 bits per heavy atom. The Hall–Kier alpha value is -3.73. The average Bonchev–Trinajstić information content (AvgIpc) is 3.52. The number of carbonyl (C=O) groups is 1. The minimum absolute atomic E-state index is 0.125. The van der Waals surface area contributed by atoms with Gasteiger partial charge in [-0.15, -0.1) is 0 Å². The number of methoxy groups -OCH3 is 1. The van der Waals surface area contributed by atoms with Crippen molar-refractivity contribution in [2.24, 2.45) is 0 Å². The number of carbonyl (C=O) groups excluding carboxylic acids is 1. The topological polar surface area (TPSA) is 107 Å². The summed E-state index contributed by atoms with van der Waals surface area (Å²) in [6, 6.07) is 11.6. The van der Waals surface area contributed by atoms with Crippen molar-refractivity contribution in [2.45, 2.75) is 25.4 Å². The maximum atomic E-state index is 12.1. The summed E-state index contributed by atoms with van der Waals surface area (Å²) in [5.41, 5.74) is 2.54. The van der Waals surface area contributed by atoms with Crippen molar-refractivity contribution in [3.05, 3.63) is 54.4 Å². The van der Waals surface area contributed by atoms with Crippen molar-refractivity contribution in [2.75, 3.05) is 65.0 Å². The SMILES string of the molecule is COc1cc2c(Nc3ccc(C=CC(=O)NCC4CCCO4)cc3)ncnc2cc1OCCCN1CCOCC1. The van der Waals surface area contributed by atoms with Gasteiger partial charge < -0.3 is 29.6 Å². The van der Waals surface area contributed by atoms with Gasteiger partial charge in [0.05, 0.1) is 38.6 Å². The molecule has 2 fully saturated rings. The lowest BCUT2D eigenvalue weighted by Crippen LogP contribution is -2.37. The minimum Gasteiger partial charge on any atom is -0.493 e. The molecule has 3 heterocycles. The summed E-state index contributed by atoms with van der Waals surface area (Å²) in [7, 11) is 1.63. The fraction of sp³-hybridized carbons (Fsp3) is 0.433. The molecule has 0 saturated carbocycles. The van der Waals surface area contributed by atoms with Gasteiger partial charge in [0, 0.05) is 56.0 Å². The highest BCUT2D eigenvalue weighted by Crippen LogP contribution is 2.35. The van der Waals surface area contributed by atoms with E-state index in [0.717, 1.165) is 80.9 Å². The largest absolute Gasteiger partial charge is 0.493 e.